The Balaban J connectivity index is 1.44. The number of aromatic nitrogens is 4. The van der Waals surface area contributed by atoms with Gasteiger partial charge in [-0.2, -0.15) is 10.1 Å². The Morgan fingerprint density at radius 1 is 1.34 bits per heavy atom. The lowest BCUT2D eigenvalue weighted by atomic mass is 9.93. The molecule has 3 aromatic rings. The van der Waals surface area contributed by atoms with Gasteiger partial charge >= 0.3 is 0 Å². The minimum atomic E-state index is 0.430. The molecule has 152 valence electrons. The van der Waals surface area contributed by atoms with E-state index in [1.54, 1.807) is 16.9 Å². The number of nitrogens with zero attached hydrogens (tertiary/aromatic N) is 5. The number of aromatic amines is 1. The van der Waals surface area contributed by atoms with Crippen LogP contribution in [0.15, 0.2) is 29.2 Å². The topological polar surface area (TPSA) is 73.0 Å². The highest BCUT2D eigenvalue weighted by Crippen LogP contribution is 2.38. The highest BCUT2D eigenvalue weighted by atomic mass is 32.1. The summed E-state index contributed by atoms with van der Waals surface area (Å²) in [6.07, 6.45) is 5.85. The van der Waals surface area contributed by atoms with Gasteiger partial charge in [-0.1, -0.05) is 18.6 Å². The summed E-state index contributed by atoms with van der Waals surface area (Å²) < 4.78 is 0. The Kier molecular flexibility index (Phi) is 4.55. The number of H-pyrrole nitrogens is 1. The summed E-state index contributed by atoms with van der Waals surface area (Å²) in [5.74, 6) is 2.37. The summed E-state index contributed by atoms with van der Waals surface area (Å²) in [6.45, 7) is 4.26. The minimum absolute atomic E-state index is 0.430. The summed E-state index contributed by atoms with van der Waals surface area (Å²) >= 11 is 1.65. The molecule has 3 unspecified atom stereocenters. The van der Waals surface area contributed by atoms with Crippen molar-refractivity contribution in [2.75, 3.05) is 24.3 Å². The van der Waals surface area contributed by atoms with Gasteiger partial charge in [0.1, 0.15) is 10.6 Å². The van der Waals surface area contributed by atoms with Crippen molar-refractivity contribution in [2.24, 2.45) is 0 Å². The van der Waals surface area contributed by atoms with Gasteiger partial charge in [-0.15, -0.1) is 11.3 Å². The van der Waals surface area contributed by atoms with Crippen LogP contribution in [-0.2, 0) is 0 Å². The molecule has 0 radical (unpaired) electrons. The van der Waals surface area contributed by atoms with Crippen LogP contribution in [0.1, 0.15) is 31.9 Å². The molecule has 3 aromatic heterocycles. The summed E-state index contributed by atoms with van der Waals surface area (Å²) in [4.78, 5) is 15.6. The molecule has 0 amide bonds. The number of hydrogen-bond donors (Lipinski definition) is 2. The van der Waals surface area contributed by atoms with Crippen LogP contribution in [0.2, 0.25) is 0 Å². The van der Waals surface area contributed by atoms with E-state index in [1.165, 1.54) is 0 Å². The van der Waals surface area contributed by atoms with Gasteiger partial charge in [-0.25, -0.2) is 4.98 Å². The molecule has 8 heteroatoms. The van der Waals surface area contributed by atoms with Crippen LogP contribution in [0.5, 0.6) is 0 Å². The quantitative estimate of drug-likeness (QED) is 0.619. The van der Waals surface area contributed by atoms with E-state index in [0.717, 1.165) is 52.8 Å². The second kappa shape index (κ2) is 7.11. The molecule has 2 aliphatic heterocycles. The highest BCUT2D eigenvalue weighted by molar-refractivity contribution is 7.16. The van der Waals surface area contributed by atoms with Crippen LogP contribution in [0.25, 0.3) is 10.2 Å². The molecule has 0 aliphatic carbocycles. The SMILES string of the molecule is CCC1=CC2CC(N(C)c3nc(Nc4cc(C)[nH]n4)c4ccsc4n3)CC1N2C. The average molecular weight is 410 g/mol. The molecule has 3 atom stereocenters. The molecule has 2 bridgehead atoms. The van der Waals surface area contributed by atoms with Crippen molar-refractivity contribution in [3.05, 3.63) is 34.9 Å². The fraction of sp³-hybridized carbons (Fsp3) is 0.476. The number of anilines is 3. The van der Waals surface area contributed by atoms with Crippen LogP contribution in [0.3, 0.4) is 0 Å². The maximum Gasteiger partial charge on any atom is 0.228 e. The number of nitrogens with one attached hydrogen (secondary N) is 2. The first-order valence-corrected chi connectivity index (χ1v) is 11.1. The number of hydrogen-bond acceptors (Lipinski definition) is 7. The van der Waals surface area contributed by atoms with E-state index < -0.39 is 0 Å². The number of likely N-dealkylation sites (N-methyl/N-ethyl adjacent to an activating group) is 1. The van der Waals surface area contributed by atoms with E-state index in [-0.39, 0.29) is 0 Å². The standard InChI is InChI=1S/C21H27N7S/c1-5-13-9-14-10-15(11-17(13)27(14)3)28(4)21-23-19(16-6-7-29-20(16)24-21)22-18-8-12(2)25-26-18/h6-9,14-15,17H,5,10-11H2,1-4H3,(H2,22,23,24,25,26). The Labute approximate surface area is 174 Å². The van der Waals surface area contributed by atoms with Gasteiger partial charge in [0.15, 0.2) is 5.82 Å². The molecule has 0 spiro atoms. The maximum absolute atomic E-state index is 4.91. The predicted octanol–water partition coefficient (Wildman–Crippen LogP) is 4.08. The third kappa shape index (κ3) is 3.20. The van der Waals surface area contributed by atoms with Gasteiger partial charge in [0.2, 0.25) is 5.95 Å². The van der Waals surface area contributed by atoms with Crippen molar-refractivity contribution in [1.82, 2.24) is 25.1 Å². The third-order valence-corrected chi connectivity index (χ3v) is 7.20. The Morgan fingerprint density at radius 3 is 2.97 bits per heavy atom. The molecular weight excluding hydrogens is 382 g/mol. The fourth-order valence-electron chi connectivity index (χ4n) is 4.69. The largest absolute Gasteiger partial charge is 0.341 e. The predicted molar refractivity (Wildman–Crippen MR) is 119 cm³/mol. The van der Waals surface area contributed by atoms with E-state index in [2.05, 4.69) is 63.9 Å². The van der Waals surface area contributed by atoms with Crippen molar-refractivity contribution >= 4 is 39.1 Å². The van der Waals surface area contributed by atoms with Gasteiger partial charge in [-0.3, -0.25) is 10.00 Å². The molecule has 5 rings (SSSR count). The zero-order chi connectivity index (χ0) is 20.1. The Hall–Kier alpha value is -2.45. The van der Waals surface area contributed by atoms with E-state index in [0.29, 0.717) is 18.1 Å². The zero-order valence-electron chi connectivity index (χ0n) is 17.3. The van der Waals surface area contributed by atoms with E-state index in [4.69, 9.17) is 9.97 Å². The number of rotatable bonds is 5. The molecule has 1 saturated heterocycles. The second-order valence-electron chi connectivity index (χ2n) is 8.15. The van der Waals surface area contributed by atoms with Crippen molar-refractivity contribution in [2.45, 2.75) is 51.2 Å². The average Bonchev–Trinajstić information content (AvgIpc) is 3.38. The summed E-state index contributed by atoms with van der Waals surface area (Å²) in [6, 6.07) is 5.54. The molecule has 2 aliphatic rings. The number of aryl methyl sites for hydroxylation is 1. The fourth-order valence-corrected chi connectivity index (χ4v) is 5.45. The summed E-state index contributed by atoms with van der Waals surface area (Å²) in [7, 11) is 4.39. The van der Waals surface area contributed by atoms with E-state index in [9.17, 15) is 0 Å². The van der Waals surface area contributed by atoms with Crippen LogP contribution >= 0.6 is 11.3 Å². The number of piperidine rings is 1. The van der Waals surface area contributed by atoms with Crippen LogP contribution in [0, 0.1) is 6.92 Å². The molecule has 29 heavy (non-hydrogen) atoms. The van der Waals surface area contributed by atoms with Crippen molar-refractivity contribution in [1.29, 1.82) is 0 Å². The van der Waals surface area contributed by atoms with Crippen LogP contribution in [0.4, 0.5) is 17.6 Å². The molecule has 2 N–H and O–H groups in total. The zero-order valence-corrected chi connectivity index (χ0v) is 18.1. The van der Waals surface area contributed by atoms with Gasteiger partial charge in [-0.05, 0) is 44.7 Å². The normalized spacial score (nSPS) is 24.1. The first-order chi connectivity index (χ1) is 14.0. The lowest BCUT2D eigenvalue weighted by molar-refractivity contribution is 0.170. The van der Waals surface area contributed by atoms with Gasteiger partial charge in [0.25, 0.3) is 0 Å². The molecule has 0 aromatic carbocycles. The highest BCUT2D eigenvalue weighted by Gasteiger charge is 2.40. The molecule has 5 heterocycles. The van der Waals surface area contributed by atoms with Gasteiger partial charge < -0.3 is 10.2 Å². The van der Waals surface area contributed by atoms with Gasteiger partial charge in [0.05, 0.1) is 5.39 Å². The number of fused-ring (bicyclic) bond motifs is 3. The summed E-state index contributed by atoms with van der Waals surface area (Å²) in [5, 5.41) is 13.8. The maximum atomic E-state index is 4.91. The van der Waals surface area contributed by atoms with Gasteiger partial charge in [0, 0.05) is 36.9 Å². The van der Waals surface area contributed by atoms with Crippen molar-refractivity contribution in [3.63, 3.8) is 0 Å². The molecule has 1 fully saturated rings. The van der Waals surface area contributed by atoms with E-state index >= 15 is 0 Å². The molecular formula is C21H27N7S. The monoisotopic (exact) mass is 409 g/mol. The van der Waals surface area contributed by atoms with Crippen molar-refractivity contribution < 1.29 is 0 Å². The first-order valence-electron chi connectivity index (χ1n) is 10.2. The smallest absolute Gasteiger partial charge is 0.228 e. The first kappa shape index (κ1) is 18.6. The lowest BCUT2D eigenvalue weighted by Gasteiger charge is -2.41. The third-order valence-electron chi connectivity index (χ3n) is 6.40. The minimum Gasteiger partial charge on any atom is -0.341 e. The number of thiophene rings is 1. The lowest BCUT2D eigenvalue weighted by Crippen LogP contribution is -2.49. The van der Waals surface area contributed by atoms with Crippen LogP contribution in [-0.4, -0.2) is 57.3 Å². The Bertz CT molecular complexity index is 1070. The Morgan fingerprint density at radius 2 is 2.21 bits per heavy atom. The van der Waals surface area contributed by atoms with Crippen molar-refractivity contribution in [3.8, 4) is 0 Å². The molecule has 7 nitrogen and oxygen atoms in total. The second-order valence-corrected chi connectivity index (χ2v) is 9.05. The molecule has 0 saturated carbocycles. The van der Waals surface area contributed by atoms with Crippen LogP contribution < -0.4 is 10.2 Å². The van der Waals surface area contributed by atoms with E-state index in [1.807, 2.05) is 13.0 Å². The summed E-state index contributed by atoms with van der Waals surface area (Å²) in [5.41, 5.74) is 2.60.